The van der Waals surface area contributed by atoms with E-state index in [-0.39, 0.29) is 5.41 Å². The van der Waals surface area contributed by atoms with Gasteiger partial charge in [0.15, 0.2) is 0 Å². The van der Waals surface area contributed by atoms with Crippen molar-refractivity contribution in [1.29, 1.82) is 0 Å². The molecule has 2 N–H and O–H groups in total. The minimum Gasteiger partial charge on any atom is -0.380 e. The van der Waals surface area contributed by atoms with Gasteiger partial charge in [0.05, 0.1) is 28.1 Å². The maximum absolute atomic E-state index is 4.73. The molecule has 1 aliphatic heterocycles. The molecule has 1 atom stereocenters. The van der Waals surface area contributed by atoms with Crippen molar-refractivity contribution < 1.29 is 0 Å². The molecule has 4 rings (SSSR count). The molecule has 0 saturated carbocycles. The van der Waals surface area contributed by atoms with Crippen molar-refractivity contribution in [2.45, 2.75) is 33.7 Å². The first-order chi connectivity index (χ1) is 12.9. The van der Waals surface area contributed by atoms with Crippen LogP contribution >= 0.6 is 0 Å². The van der Waals surface area contributed by atoms with E-state index < -0.39 is 0 Å². The predicted molar refractivity (Wildman–Crippen MR) is 110 cm³/mol. The molecule has 3 aromatic rings. The number of rotatable bonds is 2. The number of nitrogens with one attached hydrogen (secondary N) is 2. The molecule has 0 saturated heterocycles. The number of pyridine rings is 1. The van der Waals surface area contributed by atoms with Gasteiger partial charge in [-0.3, -0.25) is 15.0 Å². The molecule has 1 aromatic carbocycles. The number of nitrogens with zero attached hydrogens (tertiary/aromatic N) is 3. The lowest BCUT2D eigenvalue weighted by Gasteiger charge is -2.38. The first-order valence-corrected chi connectivity index (χ1v) is 9.32. The van der Waals surface area contributed by atoms with E-state index in [9.17, 15) is 0 Å². The smallest absolute Gasteiger partial charge is 0.0893 e. The molecule has 0 aliphatic carbocycles. The molecular formula is C22H25N5. The third kappa shape index (κ3) is 3.50. The van der Waals surface area contributed by atoms with Gasteiger partial charge in [0.2, 0.25) is 0 Å². The normalized spacial score (nSPS) is 17.6. The maximum atomic E-state index is 4.73. The van der Waals surface area contributed by atoms with E-state index >= 15 is 0 Å². The standard InChI is InChI=1S/C22H25N5/c1-14-6-5-7-17(26-14)21-20(27-19(13-25-21)22(2,3)4)15-8-9-16-18(12-15)24-11-10-23-16/h5-12,19,25,27H,13H2,1-4H3. The molecule has 1 unspecified atom stereocenters. The topological polar surface area (TPSA) is 62.7 Å². The van der Waals surface area contributed by atoms with Gasteiger partial charge < -0.3 is 10.6 Å². The Morgan fingerprint density at radius 1 is 0.963 bits per heavy atom. The molecule has 27 heavy (non-hydrogen) atoms. The highest BCUT2D eigenvalue weighted by Gasteiger charge is 2.30. The summed E-state index contributed by atoms with van der Waals surface area (Å²) in [7, 11) is 0. The quantitative estimate of drug-likeness (QED) is 0.729. The molecule has 0 fully saturated rings. The number of fused-ring (bicyclic) bond motifs is 1. The number of aryl methyl sites for hydroxylation is 1. The van der Waals surface area contributed by atoms with Crippen LogP contribution in [0.5, 0.6) is 0 Å². The van der Waals surface area contributed by atoms with Gasteiger partial charge in [-0.25, -0.2) is 0 Å². The molecule has 5 nitrogen and oxygen atoms in total. The monoisotopic (exact) mass is 359 g/mol. The van der Waals surface area contributed by atoms with E-state index in [4.69, 9.17) is 4.98 Å². The molecule has 1 aliphatic rings. The predicted octanol–water partition coefficient (Wildman–Crippen LogP) is 3.77. The van der Waals surface area contributed by atoms with Gasteiger partial charge in [0.1, 0.15) is 0 Å². The summed E-state index contributed by atoms with van der Waals surface area (Å²) in [5, 5.41) is 7.41. The maximum Gasteiger partial charge on any atom is 0.0893 e. The van der Waals surface area contributed by atoms with Gasteiger partial charge in [0.25, 0.3) is 0 Å². The summed E-state index contributed by atoms with van der Waals surface area (Å²) in [6.45, 7) is 9.64. The Morgan fingerprint density at radius 2 is 1.74 bits per heavy atom. The average Bonchev–Trinajstić information content (AvgIpc) is 2.66. The van der Waals surface area contributed by atoms with E-state index in [1.165, 1.54) is 0 Å². The van der Waals surface area contributed by atoms with Crippen LogP contribution in [0.2, 0.25) is 0 Å². The SMILES string of the molecule is Cc1cccc(C2=C(c3ccc4nccnc4c3)NC(C(C)(C)C)CN2)n1. The highest BCUT2D eigenvalue weighted by Crippen LogP contribution is 2.30. The van der Waals surface area contributed by atoms with E-state index in [0.29, 0.717) is 6.04 Å². The van der Waals surface area contributed by atoms with Crippen molar-refractivity contribution >= 4 is 22.4 Å². The number of benzene rings is 1. The van der Waals surface area contributed by atoms with Crippen molar-refractivity contribution in [3.63, 3.8) is 0 Å². The lowest BCUT2D eigenvalue weighted by molar-refractivity contribution is 0.286. The van der Waals surface area contributed by atoms with Gasteiger partial charge in [-0.15, -0.1) is 0 Å². The number of hydrogen-bond donors (Lipinski definition) is 2. The lowest BCUT2D eigenvalue weighted by Crippen LogP contribution is -2.50. The zero-order chi connectivity index (χ0) is 19.0. The summed E-state index contributed by atoms with van der Waals surface area (Å²) in [5.41, 5.74) is 7.04. The Balaban J connectivity index is 1.87. The van der Waals surface area contributed by atoms with Crippen molar-refractivity contribution in [3.05, 3.63) is 65.7 Å². The van der Waals surface area contributed by atoms with E-state index in [1.54, 1.807) is 12.4 Å². The molecule has 3 heterocycles. The minimum atomic E-state index is 0.125. The minimum absolute atomic E-state index is 0.125. The van der Waals surface area contributed by atoms with Crippen LogP contribution in [-0.2, 0) is 0 Å². The third-order valence-electron chi connectivity index (χ3n) is 5.00. The lowest BCUT2D eigenvalue weighted by atomic mass is 9.85. The van der Waals surface area contributed by atoms with Crippen molar-refractivity contribution in [3.8, 4) is 0 Å². The fourth-order valence-corrected chi connectivity index (χ4v) is 3.36. The average molecular weight is 359 g/mol. The Bertz CT molecular complexity index is 1020. The fraction of sp³-hybridized carbons (Fsp3) is 0.318. The Labute approximate surface area is 160 Å². The van der Waals surface area contributed by atoms with Crippen LogP contribution in [0.1, 0.15) is 37.7 Å². The first kappa shape index (κ1) is 17.5. The van der Waals surface area contributed by atoms with Crippen molar-refractivity contribution in [1.82, 2.24) is 25.6 Å². The molecule has 0 bridgehead atoms. The van der Waals surface area contributed by atoms with Crippen LogP contribution in [0.15, 0.2) is 48.8 Å². The van der Waals surface area contributed by atoms with Crippen LogP contribution in [0.4, 0.5) is 0 Å². The van der Waals surface area contributed by atoms with Gasteiger partial charge in [-0.2, -0.15) is 0 Å². The summed E-state index contributed by atoms with van der Waals surface area (Å²) < 4.78 is 0. The molecule has 0 radical (unpaired) electrons. The highest BCUT2D eigenvalue weighted by atomic mass is 15.1. The second-order valence-electron chi connectivity index (χ2n) is 8.12. The zero-order valence-electron chi connectivity index (χ0n) is 16.2. The Hall–Kier alpha value is -2.95. The third-order valence-corrected chi connectivity index (χ3v) is 5.00. The summed E-state index contributed by atoms with van der Waals surface area (Å²) >= 11 is 0. The van der Waals surface area contributed by atoms with Crippen LogP contribution in [0.3, 0.4) is 0 Å². The van der Waals surface area contributed by atoms with E-state index in [1.807, 2.05) is 25.1 Å². The number of hydrogen-bond acceptors (Lipinski definition) is 5. The Morgan fingerprint density at radius 3 is 2.48 bits per heavy atom. The molecule has 5 heteroatoms. The van der Waals surface area contributed by atoms with E-state index in [0.717, 1.165) is 45.9 Å². The van der Waals surface area contributed by atoms with Gasteiger partial charge in [-0.05, 0) is 36.6 Å². The van der Waals surface area contributed by atoms with Crippen LogP contribution in [0, 0.1) is 12.3 Å². The number of aromatic nitrogens is 3. The fourth-order valence-electron chi connectivity index (χ4n) is 3.36. The molecule has 0 spiro atoms. The molecule has 2 aromatic heterocycles. The first-order valence-electron chi connectivity index (χ1n) is 9.32. The molecule has 0 amide bonds. The second kappa shape index (κ2) is 6.65. The zero-order valence-corrected chi connectivity index (χ0v) is 16.2. The van der Waals surface area contributed by atoms with Gasteiger partial charge in [0, 0.05) is 36.2 Å². The largest absolute Gasteiger partial charge is 0.380 e. The molecular weight excluding hydrogens is 334 g/mol. The van der Waals surface area contributed by atoms with Crippen LogP contribution in [-0.4, -0.2) is 27.5 Å². The summed E-state index contributed by atoms with van der Waals surface area (Å²) in [6, 6.07) is 12.6. The van der Waals surface area contributed by atoms with Crippen LogP contribution < -0.4 is 10.6 Å². The highest BCUT2D eigenvalue weighted by molar-refractivity contribution is 5.91. The van der Waals surface area contributed by atoms with Crippen molar-refractivity contribution in [2.75, 3.05) is 6.54 Å². The summed E-state index contributed by atoms with van der Waals surface area (Å²) in [5.74, 6) is 0. The van der Waals surface area contributed by atoms with Crippen LogP contribution in [0.25, 0.3) is 22.4 Å². The van der Waals surface area contributed by atoms with E-state index in [2.05, 4.69) is 59.6 Å². The second-order valence-corrected chi connectivity index (χ2v) is 8.12. The molecule has 138 valence electrons. The summed E-state index contributed by atoms with van der Waals surface area (Å²) in [6.07, 6.45) is 3.45. The van der Waals surface area contributed by atoms with Gasteiger partial charge in [-0.1, -0.05) is 32.9 Å². The van der Waals surface area contributed by atoms with Gasteiger partial charge >= 0.3 is 0 Å². The Kier molecular flexibility index (Phi) is 4.30. The van der Waals surface area contributed by atoms with Crippen molar-refractivity contribution in [2.24, 2.45) is 5.41 Å². The summed E-state index contributed by atoms with van der Waals surface area (Å²) in [4.78, 5) is 13.6.